The molecule has 8 nitrogen and oxygen atoms in total. The van der Waals surface area contributed by atoms with Gasteiger partial charge in [0.05, 0.1) is 0 Å². The number of piperidine rings is 2. The van der Waals surface area contributed by atoms with Gasteiger partial charge in [0.15, 0.2) is 0 Å². The summed E-state index contributed by atoms with van der Waals surface area (Å²) in [6.45, 7) is 2.06. The molecule has 162 valence electrons. The van der Waals surface area contributed by atoms with Crippen molar-refractivity contribution >= 4 is 23.7 Å². The lowest BCUT2D eigenvalue weighted by Gasteiger charge is -2.29. The van der Waals surface area contributed by atoms with E-state index in [4.69, 9.17) is 0 Å². The molecule has 32 heavy (non-hydrogen) atoms. The van der Waals surface area contributed by atoms with Gasteiger partial charge in [-0.1, -0.05) is 17.9 Å². The Morgan fingerprint density at radius 1 is 1.00 bits per heavy atom. The van der Waals surface area contributed by atoms with Crippen LogP contribution in [0.2, 0.25) is 0 Å². The van der Waals surface area contributed by atoms with Crippen molar-refractivity contribution < 1.29 is 14.4 Å². The maximum Gasteiger partial charge on any atom is 0.255 e. The molecule has 2 saturated heterocycles. The van der Waals surface area contributed by atoms with Crippen LogP contribution >= 0.6 is 0 Å². The molecular weight excluding hydrogens is 406 g/mol. The Hall–Kier alpha value is -3.73. The first-order chi connectivity index (χ1) is 15.6. The van der Waals surface area contributed by atoms with E-state index < -0.39 is 11.9 Å². The van der Waals surface area contributed by atoms with E-state index in [0.29, 0.717) is 18.5 Å². The second-order valence-corrected chi connectivity index (χ2v) is 8.31. The molecule has 1 aromatic carbocycles. The molecule has 8 heteroatoms. The molecule has 0 aliphatic carbocycles. The van der Waals surface area contributed by atoms with E-state index in [9.17, 15) is 14.4 Å². The normalized spacial score (nSPS) is 21.1. The van der Waals surface area contributed by atoms with Crippen molar-refractivity contribution in [2.24, 2.45) is 5.92 Å². The zero-order valence-corrected chi connectivity index (χ0v) is 17.6. The highest BCUT2D eigenvalue weighted by atomic mass is 16.2. The molecule has 2 aromatic rings. The summed E-state index contributed by atoms with van der Waals surface area (Å²) in [6.07, 6.45) is 5.97. The molecule has 1 aromatic heterocycles. The molecule has 0 spiro atoms. The summed E-state index contributed by atoms with van der Waals surface area (Å²) in [6, 6.07) is 6.75. The first-order valence-electron chi connectivity index (χ1n) is 10.9. The molecule has 0 bridgehead atoms. The zero-order chi connectivity index (χ0) is 22.1. The number of benzene rings is 1. The van der Waals surface area contributed by atoms with E-state index in [1.54, 1.807) is 23.4 Å². The minimum atomic E-state index is -0.613. The van der Waals surface area contributed by atoms with Crippen LogP contribution in [0.1, 0.15) is 47.2 Å². The van der Waals surface area contributed by atoms with Crippen molar-refractivity contribution in [1.29, 1.82) is 0 Å². The number of hydrogen-bond acceptors (Lipinski definition) is 6. The first-order valence-corrected chi connectivity index (χ1v) is 10.9. The van der Waals surface area contributed by atoms with Gasteiger partial charge < -0.3 is 9.80 Å². The Kier molecular flexibility index (Phi) is 5.31. The first kappa shape index (κ1) is 20.2. The maximum atomic E-state index is 12.9. The van der Waals surface area contributed by atoms with Crippen molar-refractivity contribution in [3.8, 4) is 11.8 Å². The fourth-order valence-electron chi connectivity index (χ4n) is 4.56. The van der Waals surface area contributed by atoms with Gasteiger partial charge in [-0.05, 0) is 43.0 Å². The van der Waals surface area contributed by atoms with Gasteiger partial charge in [0.2, 0.25) is 17.8 Å². The fraction of sp³-hybridized carbons (Fsp3) is 0.375. The molecule has 3 amide bonds. The lowest BCUT2D eigenvalue weighted by atomic mass is 9.96. The summed E-state index contributed by atoms with van der Waals surface area (Å²) in [5.41, 5.74) is 2.29. The number of hydrogen-bond donors (Lipinski definition) is 1. The number of carbonyl (C=O) groups is 3. The average molecular weight is 429 g/mol. The van der Waals surface area contributed by atoms with E-state index in [0.717, 1.165) is 43.0 Å². The number of nitrogens with one attached hydrogen (secondary N) is 1. The molecule has 5 rings (SSSR count). The number of carbonyl (C=O) groups excluding carboxylic acids is 3. The van der Waals surface area contributed by atoms with E-state index in [1.165, 1.54) is 0 Å². The highest BCUT2D eigenvalue weighted by Gasteiger charge is 2.39. The molecular formula is C24H23N5O3. The van der Waals surface area contributed by atoms with Gasteiger partial charge in [0.1, 0.15) is 6.04 Å². The SMILES string of the molecule is O=C1CCC(N2Cc3c(C#CC4CCN(c5ncccn5)CC4)cccc3C2=O)C(=O)N1. The van der Waals surface area contributed by atoms with Crippen molar-refractivity contribution in [3.05, 3.63) is 53.3 Å². The van der Waals surface area contributed by atoms with E-state index in [1.807, 2.05) is 18.2 Å². The molecule has 1 N–H and O–H groups in total. The highest BCUT2D eigenvalue weighted by Crippen LogP contribution is 2.29. The summed E-state index contributed by atoms with van der Waals surface area (Å²) in [5, 5.41) is 2.34. The van der Waals surface area contributed by atoms with Crippen LogP contribution < -0.4 is 10.2 Å². The summed E-state index contributed by atoms with van der Waals surface area (Å²) in [4.78, 5) is 49.1. The lowest BCUT2D eigenvalue weighted by Crippen LogP contribution is -2.52. The summed E-state index contributed by atoms with van der Waals surface area (Å²) >= 11 is 0. The number of fused-ring (bicyclic) bond motifs is 1. The van der Waals surface area contributed by atoms with Crippen LogP contribution in [0.25, 0.3) is 0 Å². The number of rotatable bonds is 2. The fourth-order valence-corrected chi connectivity index (χ4v) is 4.56. The van der Waals surface area contributed by atoms with Crippen LogP contribution in [0.4, 0.5) is 5.95 Å². The summed E-state index contributed by atoms with van der Waals surface area (Å²) < 4.78 is 0. The predicted molar refractivity (Wildman–Crippen MR) is 116 cm³/mol. The second kappa shape index (κ2) is 8.42. The molecule has 2 fully saturated rings. The van der Waals surface area contributed by atoms with Crippen molar-refractivity contribution in [2.75, 3.05) is 18.0 Å². The molecule has 3 aliphatic heterocycles. The van der Waals surface area contributed by atoms with Gasteiger partial charge in [-0.15, -0.1) is 0 Å². The molecule has 1 unspecified atom stereocenters. The largest absolute Gasteiger partial charge is 0.341 e. The van der Waals surface area contributed by atoms with Crippen LogP contribution in [-0.2, 0) is 16.1 Å². The van der Waals surface area contributed by atoms with Gasteiger partial charge in [0.25, 0.3) is 5.91 Å². The van der Waals surface area contributed by atoms with Gasteiger partial charge in [-0.2, -0.15) is 0 Å². The maximum absolute atomic E-state index is 12.9. The molecule has 0 saturated carbocycles. The van der Waals surface area contributed by atoms with Crippen LogP contribution in [0, 0.1) is 17.8 Å². The monoisotopic (exact) mass is 429 g/mol. The quantitative estimate of drug-likeness (QED) is 0.574. The third-order valence-electron chi connectivity index (χ3n) is 6.32. The molecule has 1 atom stereocenters. The minimum absolute atomic E-state index is 0.172. The topological polar surface area (TPSA) is 95.5 Å². The van der Waals surface area contributed by atoms with Crippen LogP contribution in [0.5, 0.6) is 0 Å². The standard InChI is InChI=1S/C24H23N5O3/c30-21-8-7-20(22(31)27-21)29-15-19-17(3-1-4-18(19)23(29)32)6-5-16-9-13-28(14-10-16)24-25-11-2-12-26-24/h1-4,11-12,16,20H,7-10,13-15H2,(H,27,30,31). The number of imide groups is 1. The zero-order valence-electron chi connectivity index (χ0n) is 17.6. The Balaban J connectivity index is 1.28. The van der Waals surface area contributed by atoms with Crippen molar-refractivity contribution in [2.45, 2.75) is 38.3 Å². The summed E-state index contributed by atoms with van der Waals surface area (Å²) in [5.74, 6) is 6.86. The Morgan fingerprint density at radius 3 is 2.53 bits per heavy atom. The Morgan fingerprint density at radius 2 is 1.78 bits per heavy atom. The Bertz CT molecular complexity index is 1130. The number of amides is 3. The third-order valence-corrected chi connectivity index (χ3v) is 6.32. The van der Waals surface area contributed by atoms with Gasteiger partial charge in [0, 0.05) is 55.5 Å². The second-order valence-electron chi connectivity index (χ2n) is 8.31. The van der Waals surface area contributed by atoms with E-state index in [-0.39, 0.29) is 24.2 Å². The van der Waals surface area contributed by atoms with E-state index in [2.05, 4.69) is 32.0 Å². The van der Waals surface area contributed by atoms with Crippen LogP contribution in [0.15, 0.2) is 36.7 Å². The van der Waals surface area contributed by atoms with Crippen LogP contribution in [0.3, 0.4) is 0 Å². The average Bonchev–Trinajstić information content (AvgIpc) is 3.15. The van der Waals surface area contributed by atoms with E-state index >= 15 is 0 Å². The molecule has 3 aliphatic rings. The minimum Gasteiger partial charge on any atom is -0.341 e. The highest BCUT2D eigenvalue weighted by molar-refractivity contribution is 6.05. The lowest BCUT2D eigenvalue weighted by molar-refractivity contribution is -0.136. The van der Waals surface area contributed by atoms with Crippen molar-refractivity contribution in [3.63, 3.8) is 0 Å². The smallest absolute Gasteiger partial charge is 0.255 e. The van der Waals surface area contributed by atoms with Crippen LogP contribution in [-0.4, -0.2) is 51.7 Å². The Labute approximate surface area is 186 Å². The van der Waals surface area contributed by atoms with Gasteiger partial charge in [-0.25, -0.2) is 9.97 Å². The summed E-state index contributed by atoms with van der Waals surface area (Å²) in [7, 11) is 0. The van der Waals surface area contributed by atoms with Gasteiger partial charge >= 0.3 is 0 Å². The number of nitrogens with zero attached hydrogens (tertiary/aromatic N) is 4. The van der Waals surface area contributed by atoms with Gasteiger partial charge in [-0.3, -0.25) is 19.7 Å². The number of anilines is 1. The molecule has 0 radical (unpaired) electrons. The predicted octanol–water partition coefficient (Wildman–Crippen LogP) is 1.51. The third kappa shape index (κ3) is 3.82. The number of aromatic nitrogens is 2. The molecule has 4 heterocycles. The van der Waals surface area contributed by atoms with Crippen molar-refractivity contribution in [1.82, 2.24) is 20.2 Å².